The Labute approximate surface area is 532 Å². The number of aryl methyl sites for hydroxylation is 8. The molecule has 0 unspecified atom stereocenters. The van der Waals surface area contributed by atoms with E-state index < -0.39 is 0 Å². The monoisotopic (exact) mass is 1240 g/mol. The van der Waals surface area contributed by atoms with Gasteiger partial charge in [-0.2, -0.15) is 0 Å². The summed E-state index contributed by atoms with van der Waals surface area (Å²) in [4.78, 5) is 44.5. The van der Waals surface area contributed by atoms with Crippen molar-refractivity contribution < 1.29 is 38.6 Å². The quantitative estimate of drug-likeness (QED) is 0.123. The molecule has 0 spiro atoms. The van der Waals surface area contributed by atoms with Gasteiger partial charge in [0, 0.05) is 21.9 Å². The first-order chi connectivity index (χ1) is 41.1. The number of fused-ring (bicyclic) bond motifs is 19. The van der Waals surface area contributed by atoms with Crippen LogP contribution in [0.3, 0.4) is 0 Å². The third kappa shape index (κ3) is 9.44. The third-order valence-corrected chi connectivity index (χ3v) is 19.4. The summed E-state index contributed by atoms with van der Waals surface area (Å²) in [5.41, 5.74) is 39.3. The van der Waals surface area contributed by atoms with E-state index in [0.29, 0.717) is 0 Å². The maximum Gasteiger partial charge on any atom is 2.00 e. The van der Waals surface area contributed by atoms with Gasteiger partial charge in [0.1, 0.15) is 11.2 Å². The van der Waals surface area contributed by atoms with Crippen molar-refractivity contribution in [3.8, 4) is 22.3 Å². The van der Waals surface area contributed by atoms with E-state index in [9.17, 15) is 0 Å². The number of rotatable bonds is 10. The summed E-state index contributed by atoms with van der Waals surface area (Å²) in [6.07, 6.45) is 6.57. The minimum Gasteiger partial charge on any atom is -0.657 e. The van der Waals surface area contributed by atoms with Crippen LogP contribution in [0.25, 0.3) is 133 Å². The Morgan fingerprint density at radius 2 is 0.644 bits per heavy atom. The summed E-state index contributed by atoms with van der Waals surface area (Å²) in [5.74, 6) is 0. The topological polar surface area (TPSA) is 121 Å². The van der Waals surface area contributed by atoms with Gasteiger partial charge in [-0.05, 0) is 162 Å². The van der Waals surface area contributed by atoms with Gasteiger partial charge in [0.25, 0.3) is 0 Å². The Kier molecular flexibility index (Phi) is 16.5. The molecule has 13 rings (SSSR count). The fourth-order valence-corrected chi connectivity index (χ4v) is 14.7. The summed E-state index contributed by atoms with van der Waals surface area (Å²) < 4.78 is 7.71. The molecule has 0 saturated heterocycles. The van der Waals surface area contributed by atoms with E-state index in [0.717, 1.165) is 208 Å². The van der Waals surface area contributed by atoms with Crippen molar-refractivity contribution >= 4 is 111 Å². The van der Waals surface area contributed by atoms with Gasteiger partial charge in [-0.15, -0.1) is 44.1 Å². The molecule has 0 atom stereocenters. The van der Waals surface area contributed by atoms with Crippen LogP contribution >= 0.6 is 0 Å². The van der Waals surface area contributed by atoms with E-state index in [1.165, 1.54) is 66.8 Å². The summed E-state index contributed by atoms with van der Waals surface area (Å²) in [6, 6.07) is 26.5. The molecule has 7 aromatic heterocycles. The Morgan fingerprint density at radius 1 is 0.333 bits per heavy atom. The molecule has 0 aliphatic carbocycles. The second-order valence-electron chi connectivity index (χ2n) is 23.7. The van der Waals surface area contributed by atoms with E-state index in [1.807, 2.05) is 0 Å². The summed E-state index contributed by atoms with van der Waals surface area (Å²) in [5, 5.41) is 2.02. The number of allylic oxidation sites excluding steroid dienone is 8. The maximum atomic E-state index is 7.71. The summed E-state index contributed by atoms with van der Waals surface area (Å²) >= 11 is 0. The Morgan fingerprint density at radius 3 is 0.989 bits per heavy atom. The molecule has 0 amide bonds. The number of furan rings is 1. The van der Waals surface area contributed by atoms with Gasteiger partial charge in [0.2, 0.25) is 0 Å². The number of benzene rings is 2. The fourth-order valence-electron chi connectivity index (χ4n) is 14.7. The Balaban J connectivity index is 0.00000392. The number of para-hydroxylation sites is 2. The van der Waals surface area contributed by atoms with Gasteiger partial charge in [-0.1, -0.05) is 173 Å². The van der Waals surface area contributed by atoms with Crippen LogP contribution in [0.2, 0.25) is 0 Å². The minimum atomic E-state index is 0. The van der Waals surface area contributed by atoms with Gasteiger partial charge < -0.3 is 24.4 Å². The van der Waals surface area contributed by atoms with Crippen LogP contribution in [0, 0.1) is 27.7 Å². The SMILES string of the molecule is CCC1=C(C)c2cc3[n-]c(cc4nc(c(-c5cccc6c5oc5c(-c7c8nc(cc9[n-]c(cc%10nc(cc%11[n-]c7c(CC)c%11C)C(CC)=C%10C)c(CC)c9C)C(CC)=C8C)cccc56)c5[n-]c(cc1n2)c(C)c5CC)C(C)=C4CC)c(C)c3CC.[Cu+2].[Cu+2]. The van der Waals surface area contributed by atoms with Crippen LogP contribution in [0.1, 0.15) is 199 Å². The molecule has 4 aliphatic heterocycles. The molecule has 4 aliphatic rings. The molecular formula is C76H76Cu2N8O. The van der Waals surface area contributed by atoms with E-state index in [1.54, 1.807) is 0 Å². The molecule has 0 saturated carbocycles. The second-order valence-corrected chi connectivity index (χ2v) is 23.7. The van der Waals surface area contributed by atoms with Crippen LogP contribution in [-0.2, 0) is 59.8 Å². The van der Waals surface area contributed by atoms with Crippen molar-refractivity contribution in [3.63, 3.8) is 0 Å². The summed E-state index contributed by atoms with van der Waals surface area (Å²) in [6.45, 7) is 35.6. The van der Waals surface area contributed by atoms with Gasteiger partial charge in [-0.25, -0.2) is 19.9 Å². The fraction of sp³-hybridized carbons (Fsp3) is 0.316. The molecule has 0 fully saturated rings. The van der Waals surface area contributed by atoms with Gasteiger partial charge in [0.15, 0.2) is 0 Å². The predicted octanol–water partition coefficient (Wildman–Crippen LogP) is 19.5. The number of nitrogens with zero attached hydrogens (tertiary/aromatic N) is 8. The minimum absolute atomic E-state index is 0. The maximum absolute atomic E-state index is 7.71. The molecule has 448 valence electrons. The van der Waals surface area contributed by atoms with Crippen LogP contribution in [0.4, 0.5) is 0 Å². The van der Waals surface area contributed by atoms with Crippen LogP contribution in [0.5, 0.6) is 0 Å². The van der Waals surface area contributed by atoms with E-state index in [4.69, 9.17) is 44.3 Å². The summed E-state index contributed by atoms with van der Waals surface area (Å²) in [7, 11) is 0. The molecule has 2 radical (unpaired) electrons. The zero-order valence-electron chi connectivity index (χ0n) is 53.2. The second kappa shape index (κ2) is 23.5. The number of hydrogen-bond donors (Lipinski definition) is 0. The average Bonchev–Trinajstić information content (AvgIpc) is 1.66. The molecule has 11 heterocycles. The van der Waals surface area contributed by atoms with Gasteiger partial charge >= 0.3 is 34.1 Å². The van der Waals surface area contributed by atoms with Crippen molar-refractivity contribution in [2.45, 2.75) is 162 Å². The zero-order valence-corrected chi connectivity index (χ0v) is 55.1. The molecular weight excluding hydrogens is 1170 g/mol. The first-order valence-corrected chi connectivity index (χ1v) is 31.2. The Hall–Kier alpha value is -7.52. The standard InChI is InChI=1S/C76H76N8O.2Cu/c1-17-45-39(11)59-33-67-49(21-5)43(15)71(83-67)69(73-51(23-7)41(13)61(81-73)35-65-47(19-3)37(9)57(77-65)31-63(45)79-59)55-29-25-27-53-54-28-26-30-56(76(54)85-75(53)55)70-72-44(16)50(22-6)68(84-72)34-60-40(12)46(18-2)64(80-60)32-58-38(10)48(20-4)66(78-58)36-62-42(14)52(24-8)74(70)82-62;;/h25-36H,17-24H2,1-16H3;;/q-4;2*+2. The smallest absolute Gasteiger partial charge is 0.657 e. The molecule has 16 bridgehead atoms. The number of aromatic nitrogens is 8. The van der Waals surface area contributed by atoms with Crippen molar-refractivity contribution in [1.82, 2.24) is 39.9 Å². The first-order valence-electron chi connectivity index (χ1n) is 31.2. The van der Waals surface area contributed by atoms with E-state index in [2.05, 4.69) is 184 Å². The number of hydrogen-bond acceptors (Lipinski definition) is 5. The molecule has 11 heteroatoms. The average molecular weight is 1240 g/mol. The molecule has 9 aromatic rings. The van der Waals surface area contributed by atoms with Crippen molar-refractivity contribution in [2.24, 2.45) is 0 Å². The van der Waals surface area contributed by atoms with Crippen LogP contribution < -0.4 is 19.9 Å². The molecule has 87 heavy (non-hydrogen) atoms. The molecule has 9 nitrogen and oxygen atoms in total. The third-order valence-electron chi connectivity index (χ3n) is 19.4. The van der Waals surface area contributed by atoms with Crippen LogP contribution in [0.15, 0.2) is 77.2 Å². The van der Waals surface area contributed by atoms with E-state index in [-0.39, 0.29) is 34.1 Å². The van der Waals surface area contributed by atoms with Crippen molar-refractivity contribution in [1.29, 1.82) is 0 Å². The van der Waals surface area contributed by atoms with Crippen molar-refractivity contribution in [2.75, 3.05) is 0 Å². The first kappa shape index (κ1) is 61.1. The normalized spacial score (nSPS) is 13.5. The predicted molar refractivity (Wildman–Crippen MR) is 357 cm³/mol. The molecule has 2 aromatic carbocycles. The van der Waals surface area contributed by atoms with Crippen molar-refractivity contribution in [3.05, 3.63) is 163 Å². The van der Waals surface area contributed by atoms with E-state index >= 15 is 0 Å². The van der Waals surface area contributed by atoms with Gasteiger partial charge in [-0.3, -0.25) is 0 Å². The largest absolute Gasteiger partial charge is 2.00 e. The molecule has 0 N–H and O–H groups in total. The van der Waals surface area contributed by atoms with Crippen LogP contribution in [-0.4, -0.2) is 19.9 Å². The van der Waals surface area contributed by atoms with Gasteiger partial charge in [0.05, 0.1) is 45.6 Å². The zero-order chi connectivity index (χ0) is 59.6. The Bertz CT molecular complexity index is 4600.